The molecular weight excluding hydrogens is 382 g/mol. The molecule has 0 aliphatic carbocycles. The van der Waals surface area contributed by atoms with Crippen LogP contribution in [0.5, 0.6) is 0 Å². The molecule has 0 radical (unpaired) electrons. The van der Waals surface area contributed by atoms with E-state index in [1.807, 2.05) is 0 Å². The van der Waals surface area contributed by atoms with Crippen LogP contribution >= 0.6 is 11.6 Å². The summed E-state index contributed by atoms with van der Waals surface area (Å²) in [5, 5.41) is 2.56. The summed E-state index contributed by atoms with van der Waals surface area (Å²) in [5.41, 5.74) is 0.158. The quantitative estimate of drug-likeness (QED) is 0.745. The lowest BCUT2D eigenvalue weighted by atomic mass is 10.3. The van der Waals surface area contributed by atoms with Crippen LogP contribution in [0, 0.1) is 0 Å². The average molecular weight is 398 g/mol. The van der Waals surface area contributed by atoms with Crippen molar-refractivity contribution in [1.82, 2.24) is 9.29 Å². The van der Waals surface area contributed by atoms with Crippen molar-refractivity contribution in [1.29, 1.82) is 0 Å². The summed E-state index contributed by atoms with van der Waals surface area (Å²) in [4.78, 5) is 27.5. The van der Waals surface area contributed by atoms with Crippen molar-refractivity contribution >= 4 is 39.2 Å². The Labute approximate surface area is 155 Å². The number of hydrogen-bond donors (Lipinski definition) is 1. The van der Waals surface area contributed by atoms with Crippen molar-refractivity contribution < 1.29 is 22.7 Å². The molecule has 26 heavy (non-hydrogen) atoms. The summed E-state index contributed by atoms with van der Waals surface area (Å²) < 4.78 is 30.2. The number of benzene rings is 1. The fourth-order valence-corrected chi connectivity index (χ4v) is 2.94. The van der Waals surface area contributed by atoms with E-state index >= 15 is 0 Å². The zero-order chi connectivity index (χ0) is 19.3. The molecule has 0 saturated carbocycles. The van der Waals surface area contributed by atoms with Crippen LogP contribution < -0.4 is 5.32 Å². The lowest BCUT2D eigenvalue weighted by molar-refractivity contribution is -0.119. The van der Waals surface area contributed by atoms with Crippen molar-refractivity contribution in [2.45, 2.75) is 4.90 Å². The number of sulfonamides is 1. The smallest absolute Gasteiger partial charge is 0.357 e. The van der Waals surface area contributed by atoms with E-state index in [0.717, 1.165) is 4.31 Å². The number of carbonyl (C=O) groups is 2. The van der Waals surface area contributed by atoms with Gasteiger partial charge in [0.1, 0.15) is 5.69 Å². The van der Waals surface area contributed by atoms with Crippen LogP contribution in [0.2, 0.25) is 5.02 Å². The number of ether oxygens (including phenoxy) is 1. The number of esters is 1. The van der Waals surface area contributed by atoms with Crippen LogP contribution in [0.25, 0.3) is 0 Å². The minimum absolute atomic E-state index is 0.0346. The maximum absolute atomic E-state index is 12.1. The lowest BCUT2D eigenvalue weighted by Crippen LogP contribution is -2.23. The summed E-state index contributed by atoms with van der Waals surface area (Å²) in [6.45, 7) is -0.573. The third-order valence-electron chi connectivity index (χ3n) is 3.20. The van der Waals surface area contributed by atoms with E-state index in [4.69, 9.17) is 16.3 Å². The first-order valence-corrected chi connectivity index (χ1v) is 9.13. The van der Waals surface area contributed by atoms with Crippen molar-refractivity contribution in [3.8, 4) is 0 Å². The molecule has 1 aromatic heterocycles. The molecular formula is C16H16ClN3O5S. The Morgan fingerprint density at radius 1 is 1.23 bits per heavy atom. The fourth-order valence-electron chi connectivity index (χ4n) is 1.85. The Bertz CT molecular complexity index is 917. The Morgan fingerprint density at radius 2 is 1.96 bits per heavy atom. The third kappa shape index (κ3) is 4.78. The van der Waals surface area contributed by atoms with E-state index in [1.54, 1.807) is 12.1 Å². The van der Waals surface area contributed by atoms with Gasteiger partial charge in [-0.15, -0.1) is 0 Å². The molecule has 2 rings (SSSR count). The van der Waals surface area contributed by atoms with E-state index in [0.29, 0.717) is 0 Å². The number of halogens is 1. The molecule has 0 saturated heterocycles. The molecule has 10 heteroatoms. The number of anilines is 1. The summed E-state index contributed by atoms with van der Waals surface area (Å²) in [6.07, 6.45) is 1.42. The van der Waals surface area contributed by atoms with E-state index < -0.39 is 28.5 Å². The first-order chi connectivity index (χ1) is 12.2. The van der Waals surface area contributed by atoms with E-state index in [1.165, 1.54) is 44.6 Å². The van der Waals surface area contributed by atoms with Gasteiger partial charge in [0, 0.05) is 20.3 Å². The van der Waals surface area contributed by atoms with Crippen molar-refractivity contribution in [2.24, 2.45) is 0 Å². The maximum Gasteiger partial charge on any atom is 0.357 e. The summed E-state index contributed by atoms with van der Waals surface area (Å²) in [6, 6.07) is 8.62. The lowest BCUT2D eigenvalue weighted by Gasteiger charge is -2.13. The number of amides is 1. The number of nitrogens with zero attached hydrogens (tertiary/aromatic N) is 2. The highest BCUT2D eigenvalue weighted by molar-refractivity contribution is 7.89. The van der Waals surface area contributed by atoms with Gasteiger partial charge in [0.05, 0.1) is 15.6 Å². The largest absolute Gasteiger partial charge is 0.451 e. The number of aromatic nitrogens is 1. The second kappa shape index (κ2) is 8.26. The fraction of sp³-hybridized carbons (Fsp3) is 0.188. The zero-order valence-corrected chi connectivity index (χ0v) is 15.5. The second-order valence-electron chi connectivity index (χ2n) is 5.27. The molecule has 0 bridgehead atoms. The molecule has 1 heterocycles. The molecule has 0 spiro atoms. The molecule has 8 nitrogen and oxygen atoms in total. The van der Waals surface area contributed by atoms with Gasteiger partial charge in [0.25, 0.3) is 5.91 Å². The number of nitrogens with one attached hydrogen (secondary N) is 1. The van der Waals surface area contributed by atoms with E-state index in [2.05, 4.69) is 10.3 Å². The predicted molar refractivity (Wildman–Crippen MR) is 95.5 cm³/mol. The molecule has 0 fully saturated rings. The van der Waals surface area contributed by atoms with E-state index in [9.17, 15) is 18.0 Å². The highest BCUT2D eigenvalue weighted by atomic mass is 35.5. The monoisotopic (exact) mass is 397 g/mol. The third-order valence-corrected chi connectivity index (χ3v) is 5.34. The molecule has 1 amide bonds. The first kappa shape index (κ1) is 19.8. The number of pyridine rings is 1. The van der Waals surface area contributed by atoms with Gasteiger partial charge in [0.2, 0.25) is 10.0 Å². The Hall–Kier alpha value is -2.49. The topological polar surface area (TPSA) is 106 Å². The highest BCUT2D eigenvalue weighted by Gasteiger charge is 2.19. The molecule has 2 aromatic rings. The van der Waals surface area contributed by atoms with Gasteiger partial charge >= 0.3 is 5.97 Å². The van der Waals surface area contributed by atoms with Gasteiger partial charge in [-0.05, 0) is 30.3 Å². The van der Waals surface area contributed by atoms with Crippen molar-refractivity contribution in [3.05, 3.63) is 53.3 Å². The minimum atomic E-state index is -3.68. The summed E-state index contributed by atoms with van der Waals surface area (Å²) in [5.74, 6) is -1.42. The van der Waals surface area contributed by atoms with Gasteiger partial charge in [-0.1, -0.05) is 17.7 Å². The van der Waals surface area contributed by atoms with Crippen molar-refractivity contribution in [2.75, 3.05) is 26.0 Å². The Morgan fingerprint density at radius 3 is 2.58 bits per heavy atom. The molecule has 0 aliphatic rings. The van der Waals surface area contributed by atoms with Gasteiger partial charge in [-0.2, -0.15) is 0 Å². The maximum atomic E-state index is 12.1. The van der Waals surface area contributed by atoms with Crippen LogP contribution in [-0.2, 0) is 19.6 Å². The average Bonchev–Trinajstić information content (AvgIpc) is 2.62. The van der Waals surface area contributed by atoms with Crippen LogP contribution in [-0.4, -0.2) is 50.3 Å². The SMILES string of the molecule is CN(C)S(=O)(=O)c1ccc(Cl)c(NC(=O)COC(=O)c2ccccn2)c1. The van der Waals surface area contributed by atoms with Crippen LogP contribution in [0.15, 0.2) is 47.5 Å². The highest BCUT2D eigenvalue weighted by Crippen LogP contribution is 2.26. The predicted octanol–water partition coefficient (Wildman–Crippen LogP) is 1.78. The molecule has 0 aliphatic heterocycles. The Balaban J connectivity index is 2.06. The second-order valence-corrected chi connectivity index (χ2v) is 7.83. The van der Waals surface area contributed by atoms with Gasteiger partial charge in [0.15, 0.2) is 6.61 Å². The van der Waals surface area contributed by atoms with Gasteiger partial charge < -0.3 is 10.1 Å². The summed E-state index contributed by atoms with van der Waals surface area (Å²) in [7, 11) is -0.908. The van der Waals surface area contributed by atoms with Gasteiger partial charge in [-0.3, -0.25) is 4.79 Å². The molecule has 138 valence electrons. The standard InChI is InChI=1S/C16H16ClN3O5S/c1-20(2)26(23,24)11-6-7-12(17)14(9-11)19-15(21)10-25-16(22)13-5-3-4-8-18-13/h3-9H,10H2,1-2H3,(H,19,21). The molecule has 0 atom stereocenters. The number of rotatable bonds is 6. The summed E-state index contributed by atoms with van der Waals surface area (Å²) >= 11 is 5.99. The molecule has 1 N–H and O–H groups in total. The molecule has 0 unspecified atom stereocenters. The van der Waals surface area contributed by atoms with Crippen molar-refractivity contribution in [3.63, 3.8) is 0 Å². The first-order valence-electron chi connectivity index (χ1n) is 7.32. The molecule has 1 aromatic carbocycles. The Kier molecular flexibility index (Phi) is 6.30. The van der Waals surface area contributed by atoms with Crippen LogP contribution in [0.4, 0.5) is 5.69 Å². The zero-order valence-electron chi connectivity index (χ0n) is 14.0. The van der Waals surface area contributed by atoms with E-state index in [-0.39, 0.29) is 21.3 Å². The van der Waals surface area contributed by atoms with Crippen LogP contribution in [0.1, 0.15) is 10.5 Å². The number of hydrogen-bond acceptors (Lipinski definition) is 6. The van der Waals surface area contributed by atoms with Crippen LogP contribution in [0.3, 0.4) is 0 Å². The van der Waals surface area contributed by atoms with Gasteiger partial charge in [-0.25, -0.2) is 22.5 Å². The minimum Gasteiger partial charge on any atom is -0.451 e. The number of carbonyl (C=O) groups excluding carboxylic acids is 2. The normalized spacial score (nSPS) is 11.2.